The second-order valence-electron chi connectivity index (χ2n) is 4.13. The highest BCUT2D eigenvalue weighted by Gasteiger charge is 2.39. The van der Waals surface area contributed by atoms with E-state index in [1.165, 1.54) is 0 Å². The van der Waals surface area contributed by atoms with Crippen molar-refractivity contribution < 1.29 is 14.3 Å². The molecule has 4 nitrogen and oxygen atoms in total. The van der Waals surface area contributed by atoms with Crippen molar-refractivity contribution in [1.29, 1.82) is 0 Å². The molecule has 2 aliphatic rings. The molecule has 1 aromatic carbocycles. The number of rotatable bonds is 3. The van der Waals surface area contributed by atoms with Crippen LogP contribution in [0.25, 0.3) is 0 Å². The molecular formula is C13H13NO3. The standard InChI is InChI=1S/C13H13NO3/c15-12-10-6-7-11(13(14-12)17-10)16-8-9-4-2-1-3-5-9/h1-7,10-11,13H,8H2,(H,14,15)/t10-,11+,13+/m0/s1. The summed E-state index contributed by atoms with van der Waals surface area (Å²) in [4.78, 5) is 11.3. The molecular weight excluding hydrogens is 218 g/mol. The molecule has 3 atom stereocenters. The van der Waals surface area contributed by atoms with Gasteiger partial charge in [-0.15, -0.1) is 0 Å². The van der Waals surface area contributed by atoms with Gasteiger partial charge in [0, 0.05) is 0 Å². The van der Waals surface area contributed by atoms with Crippen molar-refractivity contribution in [2.45, 2.75) is 25.0 Å². The van der Waals surface area contributed by atoms with Gasteiger partial charge in [-0.3, -0.25) is 4.79 Å². The average Bonchev–Trinajstić information content (AvgIpc) is 2.66. The Morgan fingerprint density at radius 3 is 2.88 bits per heavy atom. The predicted octanol–water partition coefficient (Wildman–Crippen LogP) is 0.983. The summed E-state index contributed by atoms with van der Waals surface area (Å²) >= 11 is 0. The number of ether oxygens (including phenoxy) is 2. The lowest BCUT2D eigenvalue weighted by Crippen LogP contribution is -2.38. The van der Waals surface area contributed by atoms with E-state index in [9.17, 15) is 4.79 Å². The number of amides is 1. The Morgan fingerprint density at radius 1 is 1.24 bits per heavy atom. The molecule has 0 spiro atoms. The van der Waals surface area contributed by atoms with Crippen LogP contribution in [-0.2, 0) is 20.9 Å². The molecule has 0 unspecified atom stereocenters. The number of carbonyl (C=O) groups excluding carboxylic acids is 1. The summed E-state index contributed by atoms with van der Waals surface area (Å²) in [5, 5.41) is 2.75. The first-order valence-electron chi connectivity index (χ1n) is 5.62. The van der Waals surface area contributed by atoms with Gasteiger partial charge in [0.2, 0.25) is 0 Å². The van der Waals surface area contributed by atoms with Crippen molar-refractivity contribution in [1.82, 2.24) is 5.32 Å². The van der Waals surface area contributed by atoms with E-state index in [0.717, 1.165) is 5.56 Å². The van der Waals surface area contributed by atoms with Crippen LogP contribution in [-0.4, -0.2) is 24.3 Å². The quantitative estimate of drug-likeness (QED) is 0.789. The van der Waals surface area contributed by atoms with Gasteiger partial charge in [-0.2, -0.15) is 0 Å². The van der Waals surface area contributed by atoms with E-state index in [1.54, 1.807) is 6.08 Å². The van der Waals surface area contributed by atoms with E-state index in [4.69, 9.17) is 9.47 Å². The Kier molecular flexibility index (Phi) is 2.66. The third-order valence-electron chi connectivity index (χ3n) is 2.90. The molecule has 1 amide bonds. The van der Waals surface area contributed by atoms with Gasteiger partial charge in [0.1, 0.15) is 6.10 Å². The fourth-order valence-electron chi connectivity index (χ4n) is 1.99. The van der Waals surface area contributed by atoms with E-state index >= 15 is 0 Å². The highest BCUT2D eigenvalue weighted by atomic mass is 16.6. The van der Waals surface area contributed by atoms with Crippen molar-refractivity contribution >= 4 is 5.91 Å². The molecule has 1 saturated heterocycles. The van der Waals surface area contributed by atoms with E-state index < -0.39 is 6.10 Å². The molecule has 0 saturated carbocycles. The molecule has 1 aromatic rings. The third-order valence-corrected chi connectivity index (χ3v) is 2.90. The van der Waals surface area contributed by atoms with E-state index in [1.807, 2.05) is 36.4 Å². The Morgan fingerprint density at radius 2 is 2.06 bits per heavy atom. The maximum Gasteiger partial charge on any atom is 0.255 e. The Hall–Kier alpha value is -1.65. The zero-order chi connectivity index (χ0) is 11.7. The fourth-order valence-corrected chi connectivity index (χ4v) is 1.99. The van der Waals surface area contributed by atoms with Crippen LogP contribution in [0.1, 0.15) is 5.56 Å². The van der Waals surface area contributed by atoms with Crippen molar-refractivity contribution in [2.24, 2.45) is 0 Å². The minimum absolute atomic E-state index is 0.0861. The minimum atomic E-state index is -0.434. The van der Waals surface area contributed by atoms with Gasteiger partial charge in [0.25, 0.3) is 5.91 Å². The molecule has 2 bridgehead atoms. The summed E-state index contributed by atoms with van der Waals surface area (Å²) in [6.45, 7) is 0.510. The maximum absolute atomic E-state index is 11.3. The fraction of sp³-hybridized carbons (Fsp3) is 0.308. The van der Waals surface area contributed by atoms with Crippen LogP contribution in [0.4, 0.5) is 0 Å². The number of fused-ring (bicyclic) bond motifs is 2. The SMILES string of the molecule is O=C1N[C@@H]2O[C@H]1C=C[C@H]2OCc1ccccc1. The number of nitrogens with one attached hydrogen (secondary N) is 1. The molecule has 0 aliphatic carbocycles. The first-order chi connectivity index (χ1) is 8.33. The van der Waals surface area contributed by atoms with Crippen molar-refractivity contribution in [3.63, 3.8) is 0 Å². The van der Waals surface area contributed by atoms with E-state index in [-0.39, 0.29) is 18.2 Å². The molecule has 88 valence electrons. The summed E-state index contributed by atoms with van der Waals surface area (Å²) in [6.07, 6.45) is 2.64. The molecule has 0 aromatic heterocycles. The van der Waals surface area contributed by atoms with Gasteiger partial charge >= 0.3 is 0 Å². The lowest BCUT2D eigenvalue weighted by atomic mass is 10.2. The number of hydrogen-bond donors (Lipinski definition) is 1. The molecule has 4 heteroatoms. The van der Waals surface area contributed by atoms with Crippen molar-refractivity contribution in [3.05, 3.63) is 48.0 Å². The molecule has 1 N–H and O–H groups in total. The van der Waals surface area contributed by atoms with Gasteiger partial charge in [-0.1, -0.05) is 36.4 Å². The molecule has 17 heavy (non-hydrogen) atoms. The largest absolute Gasteiger partial charge is 0.365 e. The lowest BCUT2D eigenvalue weighted by molar-refractivity contribution is -0.122. The van der Waals surface area contributed by atoms with Gasteiger partial charge in [-0.25, -0.2) is 0 Å². The second-order valence-corrected chi connectivity index (χ2v) is 4.13. The molecule has 2 aliphatic heterocycles. The van der Waals surface area contributed by atoms with Crippen LogP contribution < -0.4 is 5.32 Å². The topological polar surface area (TPSA) is 47.6 Å². The second kappa shape index (κ2) is 4.31. The Labute approximate surface area is 99.2 Å². The maximum atomic E-state index is 11.3. The Bertz CT molecular complexity index is 443. The van der Waals surface area contributed by atoms with Gasteiger partial charge in [-0.05, 0) is 11.6 Å². The van der Waals surface area contributed by atoms with Crippen LogP contribution >= 0.6 is 0 Å². The third kappa shape index (κ3) is 2.09. The Balaban J connectivity index is 1.62. The van der Waals surface area contributed by atoms with Crippen LogP contribution in [0.3, 0.4) is 0 Å². The molecule has 0 radical (unpaired) electrons. The van der Waals surface area contributed by atoms with Gasteiger partial charge in [0.05, 0.1) is 6.61 Å². The van der Waals surface area contributed by atoms with E-state index in [2.05, 4.69) is 5.32 Å². The van der Waals surface area contributed by atoms with E-state index in [0.29, 0.717) is 6.61 Å². The monoisotopic (exact) mass is 231 g/mol. The summed E-state index contributed by atoms with van der Waals surface area (Å²) in [7, 11) is 0. The summed E-state index contributed by atoms with van der Waals surface area (Å²) in [6, 6.07) is 9.92. The number of carbonyl (C=O) groups is 1. The molecule has 2 heterocycles. The number of hydrogen-bond acceptors (Lipinski definition) is 3. The smallest absolute Gasteiger partial charge is 0.255 e. The first kappa shape index (κ1) is 10.5. The summed E-state index contributed by atoms with van der Waals surface area (Å²) < 4.78 is 11.2. The average molecular weight is 231 g/mol. The van der Waals surface area contributed by atoms with Crippen LogP contribution in [0, 0.1) is 0 Å². The first-order valence-corrected chi connectivity index (χ1v) is 5.62. The lowest BCUT2D eigenvalue weighted by Gasteiger charge is -2.23. The van der Waals surface area contributed by atoms with Crippen molar-refractivity contribution in [2.75, 3.05) is 0 Å². The van der Waals surface area contributed by atoms with Crippen molar-refractivity contribution in [3.8, 4) is 0 Å². The molecule has 3 rings (SSSR count). The summed E-state index contributed by atoms with van der Waals surface area (Å²) in [5.74, 6) is -0.0861. The highest BCUT2D eigenvalue weighted by molar-refractivity contribution is 5.85. The predicted molar refractivity (Wildman–Crippen MR) is 61.0 cm³/mol. The van der Waals surface area contributed by atoms with Gasteiger partial charge in [0.15, 0.2) is 12.3 Å². The minimum Gasteiger partial charge on any atom is -0.365 e. The van der Waals surface area contributed by atoms with Crippen LogP contribution in [0.2, 0.25) is 0 Å². The summed E-state index contributed by atoms with van der Waals surface area (Å²) in [5.41, 5.74) is 1.10. The highest BCUT2D eigenvalue weighted by Crippen LogP contribution is 2.20. The van der Waals surface area contributed by atoms with Crippen LogP contribution in [0.5, 0.6) is 0 Å². The molecule has 1 fully saturated rings. The normalized spacial score (nSPS) is 30.4. The van der Waals surface area contributed by atoms with Gasteiger partial charge < -0.3 is 14.8 Å². The van der Waals surface area contributed by atoms with Crippen LogP contribution in [0.15, 0.2) is 42.5 Å². The number of benzene rings is 1. The zero-order valence-electron chi connectivity index (χ0n) is 9.21. The zero-order valence-corrected chi connectivity index (χ0v) is 9.21.